The molecule has 1 saturated heterocycles. The third kappa shape index (κ3) is 4.68. The molecule has 174 valence electrons. The molecule has 9 nitrogen and oxygen atoms in total. The minimum atomic E-state index is -0.427. The standard InChI is InChI=1S/C22H29ClN4O5/c1-6-27-20(15-9-8-14(30-4)10-16(15)23)24-13(3)19(21(27)28)25-17-11-26(22(29)31-5)12-18(17)32-7-2/h8-10,17-18,25H,6-7,11-12H2,1-5H3/t17?,18-/m0/s1. The van der Waals surface area contributed by atoms with Gasteiger partial charge in [-0.3, -0.25) is 9.36 Å². The monoisotopic (exact) mass is 464 g/mol. The summed E-state index contributed by atoms with van der Waals surface area (Å²) in [7, 11) is 2.91. The number of benzene rings is 1. The number of likely N-dealkylation sites (tertiary alicyclic amines) is 1. The van der Waals surface area contributed by atoms with Crippen LogP contribution in [0.5, 0.6) is 5.75 Å². The number of methoxy groups -OCH3 is 2. The summed E-state index contributed by atoms with van der Waals surface area (Å²) in [6, 6.07) is 4.99. The maximum atomic E-state index is 13.4. The molecule has 1 aromatic carbocycles. The quantitative estimate of drug-likeness (QED) is 0.672. The highest BCUT2D eigenvalue weighted by atomic mass is 35.5. The highest BCUT2D eigenvalue weighted by Crippen LogP contribution is 2.30. The van der Waals surface area contributed by atoms with E-state index in [0.717, 1.165) is 0 Å². The van der Waals surface area contributed by atoms with Crippen LogP contribution < -0.4 is 15.6 Å². The number of rotatable bonds is 7. The molecule has 1 N–H and O–H groups in total. The van der Waals surface area contributed by atoms with Crippen molar-refractivity contribution >= 4 is 23.4 Å². The second-order valence-electron chi connectivity index (χ2n) is 7.41. The van der Waals surface area contributed by atoms with Crippen molar-refractivity contribution in [3.63, 3.8) is 0 Å². The van der Waals surface area contributed by atoms with E-state index in [1.807, 2.05) is 13.8 Å². The predicted molar refractivity (Wildman–Crippen MR) is 123 cm³/mol. The summed E-state index contributed by atoms with van der Waals surface area (Å²) in [5.74, 6) is 1.11. The first-order valence-electron chi connectivity index (χ1n) is 10.5. The first-order valence-corrected chi connectivity index (χ1v) is 10.9. The van der Waals surface area contributed by atoms with Gasteiger partial charge in [0.2, 0.25) is 0 Å². The molecule has 2 aromatic rings. The van der Waals surface area contributed by atoms with Gasteiger partial charge in [-0.1, -0.05) is 11.6 Å². The van der Waals surface area contributed by atoms with E-state index < -0.39 is 6.09 Å². The molecule has 1 aromatic heterocycles. The van der Waals surface area contributed by atoms with Crippen molar-refractivity contribution in [3.05, 3.63) is 39.3 Å². The molecule has 0 radical (unpaired) electrons. The molecule has 2 atom stereocenters. The number of halogens is 1. The number of hydrogen-bond acceptors (Lipinski definition) is 7. The molecule has 10 heteroatoms. The fourth-order valence-electron chi connectivity index (χ4n) is 3.89. The van der Waals surface area contributed by atoms with Gasteiger partial charge in [0.05, 0.1) is 43.6 Å². The molecule has 1 amide bonds. The fraction of sp³-hybridized carbons (Fsp3) is 0.500. The van der Waals surface area contributed by atoms with E-state index in [4.69, 9.17) is 30.8 Å². The topological polar surface area (TPSA) is 94.9 Å². The normalized spacial score (nSPS) is 18.0. The largest absolute Gasteiger partial charge is 0.497 e. The van der Waals surface area contributed by atoms with Gasteiger partial charge in [0, 0.05) is 25.3 Å². The SMILES string of the molecule is CCO[C@H]1CN(C(=O)OC)CC1Nc1c(C)nc(-c2ccc(OC)cc2Cl)n(CC)c1=O. The van der Waals surface area contributed by atoms with E-state index in [9.17, 15) is 9.59 Å². The molecule has 0 bridgehead atoms. The Hall–Kier alpha value is -2.78. The number of nitrogens with one attached hydrogen (secondary N) is 1. The van der Waals surface area contributed by atoms with Gasteiger partial charge in [0.15, 0.2) is 0 Å². The van der Waals surface area contributed by atoms with Crippen molar-refractivity contribution in [3.8, 4) is 17.1 Å². The summed E-state index contributed by atoms with van der Waals surface area (Å²) in [5, 5.41) is 3.73. The molecular formula is C22H29ClN4O5. The highest BCUT2D eigenvalue weighted by molar-refractivity contribution is 6.33. The molecule has 1 aliphatic rings. The molecule has 32 heavy (non-hydrogen) atoms. The van der Waals surface area contributed by atoms with Crippen molar-refractivity contribution in [1.29, 1.82) is 0 Å². The molecule has 1 aliphatic heterocycles. The van der Waals surface area contributed by atoms with E-state index >= 15 is 0 Å². The zero-order valence-corrected chi connectivity index (χ0v) is 19.7. The summed E-state index contributed by atoms with van der Waals surface area (Å²) in [6.45, 7) is 7.17. The van der Waals surface area contributed by atoms with E-state index in [-0.39, 0.29) is 17.7 Å². The number of nitrogens with zero attached hydrogens (tertiary/aromatic N) is 3. The summed E-state index contributed by atoms with van der Waals surface area (Å²) in [5.41, 5.74) is 1.34. The van der Waals surface area contributed by atoms with Crippen LogP contribution in [0, 0.1) is 6.92 Å². The van der Waals surface area contributed by atoms with Crippen molar-refractivity contribution in [1.82, 2.24) is 14.5 Å². The van der Waals surface area contributed by atoms with Gasteiger partial charge < -0.3 is 24.4 Å². The van der Waals surface area contributed by atoms with Crippen LogP contribution in [0.1, 0.15) is 19.5 Å². The number of carbonyl (C=O) groups is 1. The van der Waals surface area contributed by atoms with Gasteiger partial charge >= 0.3 is 6.09 Å². The van der Waals surface area contributed by atoms with Crippen molar-refractivity contribution in [2.24, 2.45) is 0 Å². The Bertz CT molecular complexity index is 1040. The number of aromatic nitrogens is 2. The number of anilines is 1. The van der Waals surface area contributed by atoms with Gasteiger partial charge in [-0.2, -0.15) is 0 Å². The molecule has 2 heterocycles. The van der Waals surface area contributed by atoms with Crippen molar-refractivity contribution in [2.45, 2.75) is 39.5 Å². The molecule has 0 aliphatic carbocycles. The summed E-state index contributed by atoms with van der Waals surface area (Å²) < 4.78 is 17.4. The molecule has 3 rings (SSSR count). The molecule has 0 saturated carbocycles. The van der Waals surface area contributed by atoms with Gasteiger partial charge in [-0.25, -0.2) is 9.78 Å². The minimum absolute atomic E-state index is 0.214. The maximum Gasteiger partial charge on any atom is 0.409 e. The number of ether oxygens (including phenoxy) is 3. The number of aryl methyl sites for hydroxylation is 1. The number of carbonyl (C=O) groups excluding carboxylic acids is 1. The molecule has 1 fully saturated rings. The lowest BCUT2D eigenvalue weighted by Gasteiger charge is -2.22. The van der Waals surface area contributed by atoms with Gasteiger partial charge in [-0.15, -0.1) is 0 Å². The average Bonchev–Trinajstić information content (AvgIpc) is 3.18. The second-order valence-corrected chi connectivity index (χ2v) is 7.82. The fourth-order valence-corrected chi connectivity index (χ4v) is 4.14. The lowest BCUT2D eigenvalue weighted by atomic mass is 10.1. The Morgan fingerprint density at radius 2 is 2.03 bits per heavy atom. The van der Waals surface area contributed by atoms with E-state index in [1.165, 1.54) is 7.11 Å². The van der Waals surface area contributed by atoms with Crippen LogP contribution in [0.25, 0.3) is 11.4 Å². The van der Waals surface area contributed by atoms with Gasteiger partial charge in [-0.05, 0) is 39.0 Å². The van der Waals surface area contributed by atoms with Crippen LogP contribution in [0.3, 0.4) is 0 Å². The molecular weight excluding hydrogens is 436 g/mol. The number of amides is 1. The predicted octanol–water partition coefficient (Wildman–Crippen LogP) is 3.17. The molecule has 1 unspecified atom stereocenters. The highest BCUT2D eigenvalue weighted by Gasteiger charge is 2.37. The summed E-state index contributed by atoms with van der Waals surface area (Å²) in [6.07, 6.45) is -0.701. The van der Waals surface area contributed by atoms with Gasteiger partial charge in [0.25, 0.3) is 5.56 Å². The van der Waals surface area contributed by atoms with Crippen molar-refractivity contribution < 1.29 is 19.0 Å². The second kappa shape index (κ2) is 10.2. The summed E-state index contributed by atoms with van der Waals surface area (Å²) in [4.78, 5) is 31.7. The minimum Gasteiger partial charge on any atom is -0.497 e. The van der Waals surface area contributed by atoms with E-state index in [1.54, 1.807) is 41.7 Å². The van der Waals surface area contributed by atoms with Crippen molar-refractivity contribution in [2.75, 3.05) is 39.2 Å². The third-order valence-electron chi connectivity index (χ3n) is 5.49. The zero-order valence-electron chi connectivity index (χ0n) is 19.0. The van der Waals surface area contributed by atoms with Crippen LogP contribution in [0.4, 0.5) is 10.5 Å². The Balaban J connectivity index is 1.98. The average molecular weight is 465 g/mol. The smallest absolute Gasteiger partial charge is 0.409 e. The van der Waals surface area contributed by atoms with Crippen LogP contribution in [-0.4, -0.2) is 66.6 Å². The van der Waals surface area contributed by atoms with E-state index in [2.05, 4.69) is 5.32 Å². The first kappa shape index (κ1) is 23.9. The van der Waals surface area contributed by atoms with Crippen LogP contribution in [-0.2, 0) is 16.0 Å². The Morgan fingerprint density at radius 3 is 2.62 bits per heavy atom. The zero-order chi connectivity index (χ0) is 23.4. The third-order valence-corrected chi connectivity index (χ3v) is 5.81. The Labute approximate surface area is 192 Å². The van der Waals surface area contributed by atoms with Crippen LogP contribution in [0.15, 0.2) is 23.0 Å². The number of hydrogen-bond donors (Lipinski definition) is 1. The van der Waals surface area contributed by atoms with Crippen LogP contribution >= 0.6 is 11.6 Å². The Morgan fingerprint density at radius 1 is 1.28 bits per heavy atom. The van der Waals surface area contributed by atoms with Gasteiger partial charge in [0.1, 0.15) is 17.3 Å². The van der Waals surface area contributed by atoms with E-state index in [0.29, 0.717) is 59.8 Å². The summed E-state index contributed by atoms with van der Waals surface area (Å²) >= 11 is 6.45. The Kier molecular flexibility index (Phi) is 7.63. The lowest BCUT2D eigenvalue weighted by Crippen LogP contribution is -2.38. The molecule has 0 spiro atoms. The van der Waals surface area contributed by atoms with Crippen LogP contribution in [0.2, 0.25) is 5.02 Å². The first-order chi connectivity index (χ1) is 15.3. The maximum absolute atomic E-state index is 13.4. The lowest BCUT2D eigenvalue weighted by molar-refractivity contribution is 0.0614.